The van der Waals surface area contributed by atoms with Crippen LogP contribution in [0, 0.1) is 0 Å². The number of aliphatic hydroxyl groups excluding tert-OH is 3. The first-order valence-corrected chi connectivity index (χ1v) is 4.40. The second kappa shape index (κ2) is 4.70. The molecule has 0 aromatic heterocycles. The van der Waals surface area contributed by atoms with E-state index < -0.39 is 30.4 Å². The number of hydrogen-bond donors (Lipinski definition) is 3. The zero-order valence-corrected chi connectivity index (χ0v) is 7.79. The van der Waals surface area contributed by atoms with Gasteiger partial charge in [-0.2, -0.15) is 0 Å². The van der Waals surface area contributed by atoms with E-state index in [4.69, 9.17) is 9.84 Å². The third kappa shape index (κ3) is 2.21. The molecular weight excluding hydrogens is 192 g/mol. The minimum atomic E-state index is -1.45. The Labute approximate surface area is 81.1 Å². The average molecular weight is 206 g/mol. The van der Waals surface area contributed by atoms with Gasteiger partial charge in [-0.15, -0.1) is 0 Å². The molecule has 1 fully saturated rings. The summed E-state index contributed by atoms with van der Waals surface area (Å²) in [5.74, 6) is -0.731. The van der Waals surface area contributed by atoms with Gasteiger partial charge in [0, 0.05) is 0 Å². The van der Waals surface area contributed by atoms with E-state index in [-0.39, 0.29) is 13.2 Å². The van der Waals surface area contributed by atoms with Gasteiger partial charge < -0.3 is 24.8 Å². The summed E-state index contributed by atoms with van der Waals surface area (Å²) in [6.45, 7) is 1.60. The largest absolute Gasteiger partial charge is 0.464 e. The molecule has 0 amide bonds. The van der Waals surface area contributed by atoms with Gasteiger partial charge in [-0.1, -0.05) is 0 Å². The van der Waals surface area contributed by atoms with Crippen LogP contribution in [0.5, 0.6) is 0 Å². The first-order valence-electron chi connectivity index (χ1n) is 4.40. The third-order valence-corrected chi connectivity index (χ3v) is 2.02. The predicted octanol–water partition coefficient (Wildman–Crippen LogP) is -1.97. The Morgan fingerprint density at radius 2 is 2.07 bits per heavy atom. The predicted molar refractivity (Wildman–Crippen MR) is 44.4 cm³/mol. The van der Waals surface area contributed by atoms with E-state index in [1.807, 2.05) is 0 Å². The third-order valence-electron chi connectivity index (χ3n) is 2.02. The Balaban J connectivity index is 2.58. The fraction of sp³-hybridized carbons (Fsp3) is 0.875. The lowest BCUT2D eigenvalue weighted by Gasteiger charge is -2.33. The number of carbonyl (C=O) groups is 1. The van der Waals surface area contributed by atoms with Crippen LogP contribution in [0.2, 0.25) is 0 Å². The minimum Gasteiger partial charge on any atom is -0.464 e. The number of aliphatic hydroxyl groups is 3. The molecule has 0 spiro atoms. The zero-order chi connectivity index (χ0) is 10.7. The fourth-order valence-electron chi connectivity index (χ4n) is 1.24. The van der Waals surface area contributed by atoms with Crippen LogP contribution in [0.1, 0.15) is 6.92 Å². The van der Waals surface area contributed by atoms with Crippen LogP contribution in [0.3, 0.4) is 0 Å². The summed E-state index contributed by atoms with van der Waals surface area (Å²) in [7, 11) is 0. The maximum atomic E-state index is 11.2. The van der Waals surface area contributed by atoms with E-state index in [2.05, 4.69) is 4.74 Å². The summed E-state index contributed by atoms with van der Waals surface area (Å²) in [6.07, 6.45) is -5.21. The van der Waals surface area contributed by atoms with Gasteiger partial charge in [-0.25, -0.2) is 4.79 Å². The highest BCUT2D eigenvalue weighted by molar-refractivity contribution is 5.75. The first-order chi connectivity index (χ1) is 6.57. The highest BCUT2D eigenvalue weighted by Gasteiger charge is 2.42. The van der Waals surface area contributed by atoms with Gasteiger partial charge in [0.25, 0.3) is 0 Å². The van der Waals surface area contributed by atoms with E-state index in [0.717, 1.165) is 0 Å². The van der Waals surface area contributed by atoms with Crippen LogP contribution in [0.15, 0.2) is 0 Å². The molecule has 82 valence electrons. The molecule has 1 aliphatic rings. The van der Waals surface area contributed by atoms with Gasteiger partial charge in [0.05, 0.1) is 13.2 Å². The van der Waals surface area contributed by atoms with Gasteiger partial charge in [0.15, 0.2) is 6.10 Å². The SMILES string of the molecule is CCOC(=O)C1OC[C@@H](O)[C@@H](O)[C@H]1O. The molecule has 0 aliphatic carbocycles. The van der Waals surface area contributed by atoms with Gasteiger partial charge >= 0.3 is 5.97 Å². The number of esters is 1. The quantitative estimate of drug-likeness (QED) is 0.454. The lowest BCUT2D eigenvalue weighted by Crippen LogP contribution is -2.55. The molecule has 6 nitrogen and oxygen atoms in total. The molecule has 1 saturated heterocycles. The average Bonchev–Trinajstić information content (AvgIpc) is 2.15. The molecule has 0 saturated carbocycles. The Hall–Kier alpha value is -0.690. The number of ether oxygens (including phenoxy) is 2. The summed E-state index contributed by atoms with van der Waals surface area (Å²) < 4.78 is 9.47. The van der Waals surface area contributed by atoms with Crippen molar-refractivity contribution in [2.45, 2.75) is 31.3 Å². The standard InChI is InChI=1S/C8H14O6/c1-2-13-8(12)7-6(11)5(10)4(9)3-14-7/h4-7,9-11H,2-3H2,1H3/t4-,5-,6-,7?/m1/s1. The topological polar surface area (TPSA) is 96.2 Å². The smallest absolute Gasteiger partial charge is 0.338 e. The van der Waals surface area contributed by atoms with Crippen molar-refractivity contribution in [3.05, 3.63) is 0 Å². The maximum Gasteiger partial charge on any atom is 0.338 e. The second-order valence-electron chi connectivity index (χ2n) is 3.05. The second-order valence-corrected chi connectivity index (χ2v) is 3.05. The summed E-state index contributed by atoms with van der Waals surface area (Å²) in [6, 6.07) is 0. The Kier molecular flexibility index (Phi) is 3.82. The summed E-state index contributed by atoms with van der Waals surface area (Å²) >= 11 is 0. The normalized spacial score (nSPS) is 38.0. The lowest BCUT2D eigenvalue weighted by molar-refractivity contribution is -0.205. The van der Waals surface area contributed by atoms with Gasteiger partial charge in [-0.3, -0.25) is 0 Å². The van der Waals surface area contributed by atoms with Crippen LogP contribution in [0.4, 0.5) is 0 Å². The fourth-order valence-corrected chi connectivity index (χ4v) is 1.24. The van der Waals surface area contributed by atoms with Crippen LogP contribution >= 0.6 is 0 Å². The van der Waals surface area contributed by atoms with E-state index in [1.54, 1.807) is 6.92 Å². The monoisotopic (exact) mass is 206 g/mol. The van der Waals surface area contributed by atoms with Crippen molar-refractivity contribution in [1.29, 1.82) is 0 Å². The van der Waals surface area contributed by atoms with E-state index in [1.165, 1.54) is 0 Å². The van der Waals surface area contributed by atoms with Crippen LogP contribution < -0.4 is 0 Å². The molecule has 0 aromatic carbocycles. The van der Waals surface area contributed by atoms with Crippen molar-refractivity contribution >= 4 is 5.97 Å². The Morgan fingerprint density at radius 3 is 2.64 bits per heavy atom. The van der Waals surface area contributed by atoms with E-state index >= 15 is 0 Å². The minimum absolute atomic E-state index is 0.171. The molecule has 1 unspecified atom stereocenters. The maximum absolute atomic E-state index is 11.2. The lowest BCUT2D eigenvalue weighted by atomic mass is 10.0. The molecule has 4 atom stereocenters. The molecule has 14 heavy (non-hydrogen) atoms. The highest BCUT2D eigenvalue weighted by atomic mass is 16.6. The number of hydrogen-bond acceptors (Lipinski definition) is 6. The Morgan fingerprint density at radius 1 is 1.43 bits per heavy atom. The summed E-state index contributed by atoms with van der Waals surface area (Å²) in [5, 5.41) is 27.7. The van der Waals surface area contributed by atoms with Crippen molar-refractivity contribution in [3.8, 4) is 0 Å². The van der Waals surface area contributed by atoms with Crippen LogP contribution in [0.25, 0.3) is 0 Å². The van der Waals surface area contributed by atoms with Crippen LogP contribution in [-0.4, -0.2) is 58.9 Å². The van der Waals surface area contributed by atoms with Gasteiger partial charge in [0.1, 0.15) is 18.3 Å². The van der Waals surface area contributed by atoms with Crippen LogP contribution in [-0.2, 0) is 14.3 Å². The molecular formula is C8H14O6. The Bertz CT molecular complexity index is 206. The van der Waals surface area contributed by atoms with Gasteiger partial charge in [0.2, 0.25) is 0 Å². The van der Waals surface area contributed by atoms with Crippen molar-refractivity contribution in [1.82, 2.24) is 0 Å². The number of carbonyl (C=O) groups excluding carboxylic acids is 1. The van der Waals surface area contributed by atoms with Crippen molar-refractivity contribution in [2.24, 2.45) is 0 Å². The molecule has 0 aromatic rings. The molecule has 0 bridgehead atoms. The first kappa shape index (κ1) is 11.4. The van der Waals surface area contributed by atoms with Gasteiger partial charge in [-0.05, 0) is 6.92 Å². The summed E-state index contributed by atoms with van der Waals surface area (Å²) in [5.41, 5.74) is 0. The number of rotatable bonds is 2. The zero-order valence-electron chi connectivity index (χ0n) is 7.79. The molecule has 1 heterocycles. The van der Waals surface area contributed by atoms with Crippen molar-refractivity contribution < 1.29 is 29.6 Å². The van der Waals surface area contributed by atoms with E-state index in [0.29, 0.717) is 0 Å². The highest BCUT2D eigenvalue weighted by Crippen LogP contribution is 2.16. The summed E-state index contributed by atoms with van der Waals surface area (Å²) in [4.78, 5) is 11.2. The van der Waals surface area contributed by atoms with Crippen molar-refractivity contribution in [2.75, 3.05) is 13.2 Å². The molecule has 3 N–H and O–H groups in total. The van der Waals surface area contributed by atoms with E-state index in [9.17, 15) is 15.0 Å². The molecule has 1 aliphatic heterocycles. The molecule has 1 rings (SSSR count). The molecule has 6 heteroatoms. The molecule has 0 radical (unpaired) electrons. The van der Waals surface area contributed by atoms with Crippen molar-refractivity contribution in [3.63, 3.8) is 0 Å².